The highest BCUT2D eigenvalue weighted by Crippen LogP contribution is 2.21. The highest BCUT2D eigenvalue weighted by atomic mass is 19.1. The third-order valence-corrected chi connectivity index (χ3v) is 2.68. The zero-order chi connectivity index (χ0) is 12.4. The molecule has 2 rings (SSSR count). The maximum atomic E-state index is 13.4. The largest absolute Gasteiger partial charge is 0.336 e. The van der Waals surface area contributed by atoms with E-state index < -0.39 is 0 Å². The van der Waals surface area contributed by atoms with Crippen LogP contribution in [0.5, 0.6) is 0 Å². The average Bonchev–Trinajstić information content (AvgIpc) is 2.65. The van der Waals surface area contributed by atoms with E-state index in [1.807, 2.05) is 30.8 Å². The Hall–Kier alpha value is -1.72. The van der Waals surface area contributed by atoms with Gasteiger partial charge < -0.3 is 4.57 Å². The van der Waals surface area contributed by atoms with Gasteiger partial charge in [-0.25, -0.2) is 14.8 Å². The first kappa shape index (κ1) is 11.8. The van der Waals surface area contributed by atoms with Crippen LogP contribution in [0.3, 0.4) is 0 Å². The molecule has 90 valence electrons. The van der Waals surface area contributed by atoms with Crippen LogP contribution in [0.2, 0.25) is 0 Å². The Kier molecular flexibility index (Phi) is 3.21. The molecule has 0 fully saturated rings. The number of benzene rings is 1. The number of nitrogens with one attached hydrogen (secondary N) is 1. The van der Waals surface area contributed by atoms with Gasteiger partial charge in [0.15, 0.2) is 0 Å². The lowest BCUT2D eigenvalue weighted by Crippen LogP contribution is -2.31. The minimum Gasteiger partial charge on any atom is -0.336 e. The molecule has 5 heteroatoms. The third-order valence-electron chi connectivity index (χ3n) is 2.68. The molecule has 2 aromatic rings. The van der Waals surface area contributed by atoms with Crippen LogP contribution in [0.15, 0.2) is 30.6 Å². The van der Waals surface area contributed by atoms with Crippen LogP contribution in [0.25, 0.3) is 0 Å². The minimum absolute atomic E-state index is 0.269. The van der Waals surface area contributed by atoms with E-state index in [4.69, 9.17) is 5.84 Å². The smallest absolute Gasteiger partial charge is 0.131 e. The Balaban J connectivity index is 2.45. The fraction of sp³-hybridized carbons (Fsp3) is 0.250. The van der Waals surface area contributed by atoms with Crippen molar-refractivity contribution in [2.75, 3.05) is 0 Å². The van der Waals surface area contributed by atoms with Crippen LogP contribution in [0.4, 0.5) is 4.39 Å². The summed E-state index contributed by atoms with van der Waals surface area (Å²) in [4.78, 5) is 4.22. The van der Waals surface area contributed by atoms with E-state index in [9.17, 15) is 4.39 Å². The number of hydrogen-bond donors (Lipinski definition) is 2. The summed E-state index contributed by atoms with van der Waals surface area (Å²) in [6.45, 7) is 1.85. The summed E-state index contributed by atoms with van der Waals surface area (Å²) in [5, 5.41) is 0. The van der Waals surface area contributed by atoms with Crippen LogP contribution < -0.4 is 11.3 Å². The average molecular weight is 234 g/mol. The number of imidazole rings is 1. The molecule has 4 nitrogen and oxygen atoms in total. The van der Waals surface area contributed by atoms with Crippen molar-refractivity contribution in [3.8, 4) is 0 Å². The number of hydrazine groups is 1. The van der Waals surface area contributed by atoms with Gasteiger partial charge in [-0.3, -0.25) is 5.84 Å². The standard InChI is InChI=1S/C12H15FN4/c1-8-5-9(7-10(13)6-8)11(16-14)12-15-3-4-17(12)2/h3-7,11,16H,14H2,1-2H3. The highest BCUT2D eigenvalue weighted by molar-refractivity contribution is 5.30. The summed E-state index contributed by atoms with van der Waals surface area (Å²) in [5.74, 6) is 6.02. The molecular formula is C12H15FN4. The van der Waals surface area contributed by atoms with Crippen molar-refractivity contribution in [2.24, 2.45) is 12.9 Å². The second-order valence-corrected chi connectivity index (χ2v) is 4.06. The van der Waals surface area contributed by atoms with Gasteiger partial charge in [0, 0.05) is 19.4 Å². The summed E-state index contributed by atoms with van der Waals surface area (Å²) >= 11 is 0. The molecule has 1 unspecified atom stereocenters. The molecule has 0 saturated heterocycles. The highest BCUT2D eigenvalue weighted by Gasteiger charge is 2.17. The van der Waals surface area contributed by atoms with Gasteiger partial charge in [0.25, 0.3) is 0 Å². The Morgan fingerprint density at radius 2 is 2.18 bits per heavy atom. The summed E-state index contributed by atoms with van der Waals surface area (Å²) < 4.78 is 15.2. The first-order valence-electron chi connectivity index (χ1n) is 5.32. The van der Waals surface area contributed by atoms with Crippen molar-refractivity contribution in [2.45, 2.75) is 13.0 Å². The molecule has 1 aromatic carbocycles. The molecule has 0 bridgehead atoms. The molecule has 0 aliphatic heterocycles. The van der Waals surface area contributed by atoms with Crippen LogP contribution in [0.1, 0.15) is 23.0 Å². The van der Waals surface area contributed by atoms with Gasteiger partial charge in [0.1, 0.15) is 17.7 Å². The van der Waals surface area contributed by atoms with Crippen molar-refractivity contribution in [3.05, 3.63) is 53.4 Å². The number of rotatable bonds is 3. The maximum absolute atomic E-state index is 13.4. The van der Waals surface area contributed by atoms with E-state index in [2.05, 4.69) is 10.4 Å². The predicted octanol–water partition coefficient (Wildman–Crippen LogP) is 1.42. The monoisotopic (exact) mass is 234 g/mol. The van der Waals surface area contributed by atoms with Gasteiger partial charge in [-0.1, -0.05) is 6.07 Å². The van der Waals surface area contributed by atoms with Gasteiger partial charge in [0.2, 0.25) is 0 Å². The number of aromatic nitrogens is 2. The lowest BCUT2D eigenvalue weighted by atomic mass is 10.0. The summed E-state index contributed by atoms with van der Waals surface area (Å²) in [7, 11) is 1.87. The van der Waals surface area contributed by atoms with Crippen molar-refractivity contribution in [1.29, 1.82) is 0 Å². The number of nitrogens with zero attached hydrogens (tertiary/aromatic N) is 2. The molecule has 0 aliphatic rings. The van der Waals surface area contributed by atoms with E-state index in [0.717, 1.165) is 17.0 Å². The van der Waals surface area contributed by atoms with Crippen LogP contribution >= 0.6 is 0 Å². The molecule has 0 amide bonds. The normalized spacial score (nSPS) is 12.7. The molecule has 3 N–H and O–H groups in total. The lowest BCUT2D eigenvalue weighted by Gasteiger charge is -2.16. The Bertz CT molecular complexity index is 501. The van der Waals surface area contributed by atoms with Crippen molar-refractivity contribution in [1.82, 2.24) is 15.0 Å². The molecule has 0 saturated carbocycles. The first-order valence-corrected chi connectivity index (χ1v) is 5.32. The zero-order valence-electron chi connectivity index (χ0n) is 9.81. The molecule has 1 atom stereocenters. The van der Waals surface area contributed by atoms with Crippen molar-refractivity contribution in [3.63, 3.8) is 0 Å². The van der Waals surface area contributed by atoms with E-state index in [-0.39, 0.29) is 11.9 Å². The Morgan fingerprint density at radius 3 is 2.71 bits per heavy atom. The zero-order valence-corrected chi connectivity index (χ0v) is 9.81. The third kappa shape index (κ3) is 2.35. The van der Waals surface area contributed by atoms with Crippen LogP contribution in [-0.4, -0.2) is 9.55 Å². The minimum atomic E-state index is -0.315. The second-order valence-electron chi connectivity index (χ2n) is 4.06. The second kappa shape index (κ2) is 4.65. The molecular weight excluding hydrogens is 219 g/mol. The van der Waals surface area contributed by atoms with Gasteiger partial charge in [0.05, 0.1) is 0 Å². The molecule has 1 heterocycles. The van der Waals surface area contributed by atoms with E-state index in [1.54, 1.807) is 6.20 Å². The molecule has 17 heavy (non-hydrogen) atoms. The SMILES string of the molecule is Cc1cc(F)cc(C(NN)c2nccn2C)c1. The van der Waals surface area contributed by atoms with Crippen LogP contribution in [-0.2, 0) is 7.05 Å². The number of nitrogens with two attached hydrogens (primary N) is 1. The van der Waals surface area contributed by atoms with Crippen molar-refractivity contribution >= 4 is 0 Å². The molecule has 0 spiro atoms. The Morgan fingerprint density at radius 1 is 1.41 bits per heavy atom. The fourth-order valence-electron chi connectivity index (χ4n) is 1.91. The van der Waals surface area contributed by atoms with Gasteiger partial charge in [-0.15, -0.1) is 0 Å². The van der Waals surface area contributed by atoms with Gasteiger partial charge in [-0.2, -0.15) is 0 Å². The lowest BCUT2D eigenvalue weighted by molar-refractivity contribution is 0.569. The topological polar surface area (TPSA) is 55.9 Å². The van der Waals surface area contributed by atoms with Crippen LogP contribution in [0, 0.1) is 12.7 Å². The van der Waals surface area contributed by atoms with Gasteiger partial charge in [-0.05, 0) is 30.2 Å². The number of halogens is 1. The number of aryl methyl sites for hydroxylation is 2. The van der Waals surface area contributed by atoms with Crippen molar-refractivity contribution < 1.29 is 4.39 Å². The molecule has 0 aliphatic carbocycles. The Labute approximate surface area is 99.2 Å². The van der Waals surface area contributed by atoms with E-state index >= 15 is 0 Å². The molecule has 0 radical (unpaired) electrons. The maximum Gasteiger partial charge on any atom is 0.131 e. The summed E-state index contributed by atoms with van der Waals surface area (Å²) in [5.41, 5.74) is 4.29. The van der Waals surface area contributed by atoms with E-state index in [1.165, 1.54) is 12.1 Å². The number of hydrogen-bond acceptors (Lipinski definition) is 3. The van der Waals surface area contributed by atoms with E-state index in [0.29, 0.717) is 0 Å². The van der Waals surface area contributed by atoms with Gasteiger partial charge >= 0.3 is 0 Å². The quantitative estimate of drug-likeness (QED) is 0.624. The fourth-order valence-corrected chi connectivity index (χ4v) is 1.91. The first-order chi connectivity index (χ1) is 8.11. The molecule has 1 aromatic heterocycles. The predicted molar refractivity (Wildman–Crippen MR) is 63.5 cm³/mol. The summed E-state index contributed by atoms with van der Waals surface area (Å²) in [6.07, 6.45) is 3.51. The summed E-state index contributed by atoms with van der Waals surface area (Å²) in [6, 6.07) is 4.52.